The predicted octanol–water partition coefficient (Wildman–Crippen LogP) is 2.69. The van der Waals surface area contributed by atoms with E-state index in [0.29, 0.717) is 0 Å². The Hall–Kier alpha value is -1.68. The van der Waals surface area contributed by atoms with Crippen molar-refractivity contribution in [1.82, 2.24) is 20.1 Å². The van der Waals surface area contributed by atoms with E-state index < -0.39 is 0 Å². The molecule has 0 saturated carbocycles. The number of rotatable bonds is 5. The number of nitrogens with one attached hydrogen (secondary N) is 1. The summed E-state index contributed by atoms with van der Waals surface area (Å²) < 4.78 is 1.87. The van der Waals surface area contributed by atoms with Crippen molar-refractivity contribution in [2.45, 2.75) is 40.7 Å². The lowest BCUT2D eigenvalue weighted by Gasteiger charge is -2.13. The Morgan fingerprint density at radius 1 is 1.21 bits per heavy atom. The average molecular weight is 258 g/mol. The van der Waals surface area contributed by atoms with Crippen LogP contribution in [0.5, 0.6) is 0 Å². The van der Waals surface area contributed by atoms with Crippen LogP contribution in [-0.4, -0.2) is 21.3 Å². The van der Waals surface area contributed by atoms with E-state index in [0.717, 1.165) is 36.7 Å². The molecule has 2 heterocycles. The van der Waals surface area contributed by atoms with Crippen LogP contribution in [0.4, 0.5) is 0 Å². The first kappa shape index (κ1) is 13.7. The summed E-state index contributed by atoms with van der Waals surface area (Å²) in [6.07, 6.45) is 3.11. The van der Waals surface area contributed by atoms with Crippen molar-refractivity contribution in [2.75, 3.05) is 6.54 Å². The van der Waals surface area contributed by atoms with Crippen molar-refractivity contribution < 1.29 is 0 Å². The molecule has 2 aromatic rings. The van der Waals surface area contributed by atoms with Crippen molar-refractivity contribution in [3.8, 4) is 5.82 Å². The largest absolute Gasteiger partial charge is 0.313 e. The minimum absolute atomic E-state index is 0.835. The Bertz CT molecular complexity index is 557. The van der Waals surface area contributed by atoms with Crippen LogP contribution in [-0.2, 0) is 6.54 Å². The summed E-state index contributed by atoms with van der Waals surface area (Å²) in [6, 6.07) is 4.13. The van der Waals surface area contributed by atoms with Gasteiger partial charge in [-0.2, -0.15) is 5.10 Å². The second kappa shape index (κ2) is 5.97. The van der Waals surface area contributed by atoms with Crippen LogP contribution in [0.2, 0.25) is 0 Å². The fourth-order valence-electron chi connectivity index (χ4n) is 2.17. The van der Waals surface area contributed by atoms with Gasteiger partial charge < -0.3 is 5.32 Å². The van der Waals surface area contributed by atoms with Gasteiger partial charge >= 0.3 is 0 Å². The lowest BCUT2D eigenvalue weighted by Crippen LogP contribution is -2.18. The summed E-state index contributed by atoms with van der Waals surface area (Å²) in [5.74, 6) is 0.939. The molecule has 4 nitrogen and oxygen atoms in total. The smallest absolute Gasteiger partial charge is 0.158 e. The molecule has 1 N–H and O–H groups in total. The number of hydrogen-bond donors (Lipinski definition) is 1. The van der Waals surface area contributed by atoms with Crippen LogP contribution in [0.25, 0.3) is 5.82 Å². The van der Waals surface area contributed by atoms with Crippen LogP contribution in [0, 0.1) is 20.8 Å². The lowest BCUT2D eigenvalue weighted by atomic mass is 10.1. The highest BCUT2D eigenvalue weighted by Gasteiger charge is 2.11. The topological polar surface area (TPSA) is 42.7 Å². The van der Waals surface area contributed by atoms with Gasteiger partial charge in [0.1, 0.15) is 0 Å². The molecule has 0 saturated heterocycles. The van der Waals surface area contributed by atoms with Gasteiger partial charge in [0.2, 0.25) is 0 Å². The molecule has 0 aliphatic rings. The molecular weight excluding hydrogens is 236 g/mol. The quantitative estimate of drug-likeness (QED) is 0.838. The molecule has 0 bridgehead atoms. The number of aryl methyl sites for hydroxylation is 3. The highest BCUT2D eigenvalue weighted by atomic mass is 15.3. The first-order chi connectivity index (χ1) is 9.11. The van der Waals surface area contributed by atoms with Gasteiger partial charge in [0, 0.05) is 24.0 Å². The Labute approximate surface area is 114 Å². The number of hydrogen-bond acceptors (Lipinski definition) is 3. The van der Waals surface area contributed by atoms with Gasteiger partial charge in [-0.1, -0.05) is 6.92 Å². The summed E-state index contributed by atoms with van der Waals surface area (Å²) in [4.78, 5) is 4.66. The molecule has 0 fully saturated rings. The SMILES string of the molecule is CCCNCc1c(C)cc(C)nc1-n1ccc(C)n1. The maximum absolute atomic E-state index is 4.66. The van der Waals surface area contributed by atoms with Crippen LogP contribution >= 0.6 is 0 Å². The van der Waals surface area contributed by atoms with Crippen molar-refractivity contribution >= 4 is 0 Å². The Balaban J connectivity index is 2.39. The number of nitrogens with zero attached hydrogens (tertiary/aromatic N) is 3. The molecule has 0 atom stereocenters. The Kier molecular flexibility index (Phi) is 4.32. The van der Waals surface area contributed by atoms with E-state index in [-0.39, 0.29) is 0 Å². The average Bonchev–Trinajstić information content (AvgIpc) is 2.78. The first-order valence-corrected chi connectivity index (χ1v) is 6.82. The minimum atomic E-state index is 0.835. The fourth-order valence-corrected chi connectivity index (χ4v) is 2.17. The zero-order chi connectivity index (χ0) is 13.8. The normalized spacial score (nSPS) is 10.9. The molecule has 102 valence electrons. The summed E-state index contributed by atoms with van der Waals surface area (Å²) in [5, 5.41) is 7.93. The molecule has 0 aromatic carbocycles. The van der Waals surface area contributed by atoms with Crippen molar-refractivity contribution in [3.63, 3.8) is 0 Å². The van der Waals surface area contributed by atoms with E-state index in [1.165, 1.54) is 11.1 Å². The van der Waals surface area contributed by atoms with Crippen LogP contribution in [0.3, 0.4) is 0 Å². The summed E-state index contributed by atoms with van der Waals surface area (Å²) in [6.45, 7) is 10.2. The molecule has 4 heteroatoms. The molecule has 0 aliphatic carbocycles. The molecule has 0 aliphatic heterocycles. The maximum Gasteiger partial charge on any atom is 0.158 e. The van der Waals surface area contributed by atoms with E-state index in [1.54, 1.807) is 0 Å². The van der Waals surface area contributed by atoms with Gasteiger partial charge in [0.15, 0.2) is 5.82 Å². The van der Waals surface area contributed by atoms with Crippen molar-refractivity contribution in [1.29, 1.82) is 0 Å². The zero-order valence-electron chi connectivity index (χ0n) is 12.2. The second-order valence-electron chi connectivity index (χ2n) is 4.96. The minimum Gasteiger partial charge on any atom is -0.313 e. The maximum atomic E-state index is 4.66. The monoisotopic (exact) mass is 258 g/mol. The lowest BCUT2D eigenvalue weighted by molar-refractivity contribution is 0.662. The molecule has 0 spiro atoms. The van der Waals surface area contributed by atoms with Gasteiger partial charge in [0.05, 0.1) is 5.69 Å². The van der Waals surface area contributed by atoms with Crippen LogP contribution in [0.15, 0.2) is 18.3 Å². The zero-order valence-corrected chi connectivity index (χ0v) is 12.2. The van der Waals surface area contributed by atoms with Gasteiger partial charge in [0.25, 0.3) is 0 Å². The third-order valence-electron chi connectivity index (χ3n) is 3.12. The van der Waals surface area contributed by atoms with Gasteiger partial charge in [-0.15, -0.1) is 0 Å². The van der Waals surface area contributed by atoms with Crippen molar-refractivity contribution in [2.24, 2.45) is 0 Å². The van der Waals surface area contributed by atoms with E-state index in [9.17, 15) is 0 Å². The van der Waals surface area contributed by atoms with Crippen molar-refractivity contribution in [3.05, 3.63) is 40.8 Å². The summed E-state index contributed by atoms with van der Waals surface area (Å²) >= 11 is 0. The molecule has 0 amide bonds. The van der Waals surface area contributed by atoms with Gasteiger partial charge in [-0.05, 0) is 51.4 Å². The van der Waals surface area contributed by atoms with Gasteiger partial charge in [-0.3, -0.25) is 0 Å². The number of pyridine rings is 1. The molecule has 0 unspecified atom stereocenters. The standard InChI is InChI=1S/C15H22N4/c1-5-7-16-10-14-11(2)9-13(4)17-15(14)19-8-6-12(3)18-19/h6,8-9,16H,5,7,10H2,1-4H3. The molecular formula is C15H22N4. The van der Waals surface area contributed by atoms with Crippen LogP contribution in [0.1, 0.15) is 35.9 Å². The van der Waals surface area contributed by atoms with E-state index in [1.807, 2.05) is 30.8 Å². The highest BCUT2D eigenvalue weighted by molar-refractivity contribution is 5.41. The predicted molar refractivity (Wildman–Crippen MR) is 77.6 cm³/mol. The van der Waals surface area contributed by atoms with E-state index in [4.69, 9.17) is 0 Å². The molecule has 2 rings (SSSR count). The molecule has 19 heavy (non-hydrogen) atoms. The second-order valence-corrected chi connectivity index (χ2v) is 4.96. The number of aromatic nitrogens is 3. The van der Waals surface area contributed by atoms with E-state index in [2.05, 4.69) is 35.3 Å². The highest BCUT2D eigenvalue weighted by Crippen LogP contribution is 2.17. The third kappa shape index (κ3) is 3.20. The Morgan fingerprint density at radius 2 is 2.00 bits per heavy atom. The fraction of sp³-hybridized carbons (Fsp3) is 0.467. The van der Waals surface area contributed by atoms with Crippen LogP contribution < -0.4 is 5.32 Å². The summed E-state index contributed by atoms with van der Waals surface area (Å²) in [5.41, 5.74) is 4.52. The van der Waals surface area contributed by atoms with Gasteiger partial charge in [-0.25, -0.2) is 9.67 Å². The Morgan fingerprint density at radius 3 is 2.63 bits per heavy atom. The first-order valence-electron chi connectivity index (χ1n) is 6.82. The third-order valence-corrected chi connectivity index (χ3v) is 3.12. The molecule has 0 radical (unpaired) electrons. The summed E-state index contributed by atoms with van der Waals surface area (Å²) in [7, 11) is 0. The molecule has 2 aromatic heterocycles. The van der Waals surface area contributed by atoms with E-state index >= 15 is 0 Å².